The highest BCUT2D eigenvalue weighted by Crippen LogP contribution is 2.25. The number of benzene rings is 1. The van der Waals surface area contributed by atoms with Crippen molar-refractivity contribution in [1.29, 1.82) is 0 Å². The second kappa shape index (κ2) is 7.25. The van der Waals surface area contributed by atoms with Crippen molar-refractivity contribution in [2.45, 2.75) is 26.7 Å². The fourth-order valence-corrected chi connectivity index (χ4v) is 2.71. The van der Waals surface area contributed by atoms with Gasteiger partial charge in [0.15, 0.2) is 0 Å². The standard InChI is InChI=1S/C17H24N2O/c1-3-12-19(4-2)17(20)16-13-18-11-10-15(16)14-8-6-5-7-9-14/h5-9,18H,3-4,10-13H2,1-2H3. The van der Waals surface area contributed by atoms with E-state index in [-0.39, 0.29) is 5.91 Å². The summed E-state index contributed by atoms with van der Waals surface area (Å²) in [5.41, 5.74) is 3.34. The normalized spacial score (nSPS) is 15.3. The SMILES string of the molecule is CCCN(CC)C(=O)C1=C(c2ccccc2)CCNC1. The fraction of sp³-hybridized carbons (Fsp3) is 0.471. The molecule has 3 nitrogen and oxygen atoms in total. The lowest BCUT2D eigenvalue weighted by Gasteiger charge is -2.27. The maximum absolute atomic E-state index is 12.7. The quantitative estimate of drug-likeness (QED) is 0.894. The Labute approximate surface area is 121 Å². The molecule has 20 heavy (non-hydrogen) atoms. The molecule has 108 valence electrons. The molecule has 0 fully saturated rings. The average molecular weight is 272 g/mol. The van der Waals surface area contributed by atoms with E-state index in [9.17, 15) is 4.79 Å². The Kier molecular flexibility index (Phi) is 5.36. The number of likely N-dealkylation sites (N-methyl/N-ethyl adjacent to an activating group) is 1. The van der Waals surface area contributed by atoms with E-state index < -0.39 is 0 Å². The van der Waals surface area contributed by atoms with Gasteiger partial charge in [-0.1, -0.05) is 37.3 Å². The second-order valence-electron chi connectivity index (χ2n) is 5.13. The molecule has 1 amide bonds. The number of carbonyl (C=O) groups is 1. The van der Waals surface area contributed by atoms with Crippen LogP contribution in [-0.2, 0) is 4.79 Å². The summed E-state index contributed by atoms with van der Waals surface area (Å²) in [5.74, 6) is 0.195. The Morgan fingerprint density at radius 3 is 2.65 bits per heavy atom. The highest BCUT2D eigenvalue weighted by Gasteiger charge is 2.23. The number of nitrogens with zero attached hydrogens (tertiary/aromatic N) is 1. The number of nitrogens with one attached hydrogen (secondary N) is 1. The first-order valence-electron chi connectivity index (χ1n) is 7.55. The minimum Gasteiger partial charge on any atom is -0.339 e. The molecule has 1 aromatic carbocycles. The molecule has 0 radical (unpaired) electrons. The van der Waals surface area contributed by atoms with Crippen LogP contribution in [0.5, 0.6) is 0 Å². The summed E-state index contributed by atoms with van der Waals surface area (Å²) in [6.07, 6.45) is 1.93. The van der Waals surface area contributed by atoms with E-state index in [1.807, 2.05) is 30.0 Å². The van der Waals surface area contributed by atoms with Crippen LogP contribution in [0.4, 0.5) is 0 Å². The molecule has 0 saturated carbocycles. The van der Waals surface area contributed by atoms with Crippen molar-refractivity contribution in [3.8, 4) is 0 Å². The third-order valence-corrected chi connectivity index (χ3v) is 3.76. The van der Waals surface area contributed by atoms with Crippen LogP contribution in [0, 0.1) is 0 Å². The Morgan fingerprint density at radius 1 is 1.25 bits per heavy atom. The van der Waals surface area contributed by atoms with Crippen LogP contribution in [-0.4, -0.2) is 37.0 Å². The topological polar surface area (TPSA) is 32.3 Å². The Morgan fingerprint density at radius 2 is 2.00 bits per heavy atom. The molecule has 0 atom stereocenters. The second-order valence-corrected chi connectivity index (χ2v) is 5.13. The van der Waals surface area contributed by atoms with E-state index in [2.05, 4.69) is 24.4 Å². The zero-order valence-corrected chi connectivity index (χ0v) is 12.5. The summed E-state index contributed by atoms with van der Waals surface area (Å²) in [7, 11) is 0. The molecule has 1 aliphatic rings. The third kappa shape index (κ3) is 3.28. The van der Waals surface area contributed by atoms with E-state index in [1.54, 1.807) is 0 Å². The minimum atomic E-state index is 0.195. The largest absolute Gasteiger partial charge is 0.339 e. The molecule has 1 aromatic rings. The van der Waals surface area contributed by atoms with Crippen LogP contribution in [0.3, 0.4) is 0 Å². The zero-order valence-electron chi connectivity index (χ0n) is 12.5. The van der Waals surface area contributed by atoms with Gasteiger partial charge in [0.25, 0.3) is 5.91 Å². The van der Waals surface area contributed by atoms with Crippen molar-refractivity contribution in [2.75, 3.05) is 26.2 Å². The summed E-state index contributed by atoms with van der Waals surface area (Å²) in [5, 5.41) is 3.33. The molecule has 1 heterocycles. The number of hydrogen-bond acceptors (Lipinski definition) is 2. The minimum absolute atomic E-state index is 0.195. The Bertz CT molecular complexity index is 479. The van der Waals surface area contributed by atoms with Gasteiger partial charge in [-0.2, -0.15) is 0 Å². The molecule has 0 spiro atoms. The summed E-state index contributed by atoms with van der Waals surface area (Å²) < 4.78 is 0. The molecular formula is C17H24N2O. The molecule has 1 N–H and O–H groups in total. The summed E-state index contributed by atoms with van der Waals surface area (Å²) in [4.78, 5) is 14.7. The van der Waals surface area contributed by atoms with Gasteiger partial charge in [-0.05, 0) is 37.4 Å². The average Bonchev–Trinajstić information content (AvgIpc) is 2.53. The molecule has 1 aliphatic heterocycles. The van der Waals surface area contributed by atoms with E-state index in [0.717, 1.165) is 38.0 Å². The van der Waals surface area contributed by atoms with Crippen molar-refractivity contribution in [1.82, 2.24) is 10.2 Å². The predicted molar refractivity (Wildman–Crippen MR) is 83.4 cm³/mol. The van der Waals surface area contributed by atoms with Crippen molar-refractivity contribution in [2.24, 2.45) is 0 Å². The molecule has 2 rings (SSSR count). The van der Waals surface area contributed by atoms with Gasteiger partial charge in [-0.25, -0.2) is 0 Å². The lowest BCUT2D eigenvalue weighted by Crippen LogP contribution is -2.38. The fourth-order valence-electron chi connectivity index (χ4n) is 2.71. The maximum atomic E-state index is 12.7. The number of hydrogen-bond donors (Lipinski definition) is 1. The number of amides is 1. The van der Waals surface area contributed by atoms with Gasteiger partial charge in [0, 0.05) is 25.2 Å². The third-order valence-electron chi connectivity index (χ3n) is 3.76. The van der Waals surface area contributed by atoms with Crippen molar-refractivity contribution in [3.05, 3.63) is 41.5 Å². The van der Waals surface area contributed by atoms with Crippen LogP contribution < -0.4 is 5.32 Å². The lowest BCUT2D eigenvalue weighted by molar-refractivity contribution is -0.127. The van der Waals surface area contributed by atoms with Gasteiger partial charge in [-0.15, -0.1) is 0 Å². The first kappa shape index (κ1) is 14.8. The summed E-state index contributed by atoms with van der Waals surface area (Å²) >= 11 is 0. The highest BCUT2D eigenvalue weighted by molar-refractivity contribution is 6.02. The molecular weight excluding hydrogens is 248 g/mol. The molecule has 0 unspecified atom stereocenters. The monoisotopic (exact) mass is 272 g/mol. The maximum Gasteiger partial charge on any atom is 0.251 e. The van der Waals surface area contributed by atoms with Crippen LogP contribution in [0.2, 0.25) is 0 Å². The van der Waals surface area contributed by atoms with Crippen molar-refractivity contribution in [3.63, 3.8) is 0 Å². The molecule has 0 aromatic heterocycles. The zero-order chi connectivity index (χ0) is 14.4. The van der Waals surface area contributed by atoms with E-state index >= 15 is 0 Å². The van der Waals surface area contributed by atoms with Gasteiger partial charge in [0.1, 0.15) is 0 Å². The number of rotatable bonds is 5. The lowest BCUT2D eigenvalue weighted by atomic mass is 9.93. The van der Waals surface area contributed by atoms with Gasteiger partial charge >= 0.3 is 0 Å². The van der Waals surface area contributed by atoms with E-state index in [0.29, 0.717) is 6.54 Å². The molecule has 0 bridgehead atoms. The molecule has 0 aliphatic carbocycles. The number of carbonyl (C=O) groups excluding carboxylic acids is 1. The predicted octanol–water partition coefficient (Wildman–Crippen LogP) is 2.69. The van der Waals surface area contributed by atoms with Gasteiger partial charge in [0.05, 0.1) is 0 Å². The van der Waals surface area contributed by atoms with Crippen molar-refractivity contribution < 1.29 is 4.79 Å². The van der Waals surface area contributed by atoms with E-state index in [1.165, 1.54) is 11.1 Å². The van der Waals surface area contributed by atoms with Crippen LogP contribution in [0.25, 0.3) is 5.57 Å². The summed E-state index contributed by atoms with van der Waals surface area (Å²) in [6.45, 7) is 7.40. The Balaban J connectivity index is 2.33. The van der Waals surface area contributed by atoms with Crippen LogP contribution >= 0.6 is 0 Å². The van der Waals surface area contributed by atoms with E-state index in [4.69, 9.17) is 0 Å². The highest BCUT2D eigenvalue weighted by atomic mass is 16.2. The van der Waals surface area contributed by atoms with Crippen LogP contribution in [0.15, 0.2) is 35.9 Å². The first-order valence-corrected chi connectivity index (χ1v) is 7.55. The molecule has 3 heteroatoms. The summed E-state index contributed by atoms with van der Waals surface area (Å²) in [6, 6.07) is 10.3. The van der Waals surface area contributed by atoms with Gasteiger partial charge in [0.2, 0.25) is 0 Å². The molecule has 0 saturated heterocycles. The van der Waals surface area contributed by atoms with Crippen molar-refractivity contribution >= 4 is 11.5 Å². The van der Waals surface area contributed by atoms with Gasteiger partial charge < -0.3 is 10.2 Å². The first-order chi connectivity index (χ1) is 9.77. The van der Waals surface area contributed by atoms with Crippen LogP contribution in [0.1, 0.15) is 32.3 Å². The Hall–Kier alpha value is -1.61. The smallest absolute Gasteiger partial charge is 0.251 e. The van der Waals surface area contributed by atoms with Gasteiger partial charge in [-0.3, -0.25) is 4.79 Å².